The Labute approximate surface area is 185 Å². The summed E-state index contributed by atoms with van der Waals surface area (Å²) in [6.07, 6.45) is 3.12. The number of hydrogen-bond acceptors (Lipinski definition) is 5. The summed E-state index contributed by atoms with van der Waals surface area (Å²) >= 11 is 0. The number of rotatable bonds is 8. The number of aryl methyl sites for hydroxylation is 1. The molecule has 0 aliphatic heterocycles. The van der Waals surface area contributed by atoms with Crippen LogP contribution in [0.4, 0.5) is 0 Å². The standard InChI is InChI=1S/C24H25N5O3/c1-28-14-6-9-22(28)23(30)25-13-12-19(15-17-7-4-3-5-8-17)29(2)24(31)18-10-11-20-21(16-18)27-32-26-20/h3-11,14,16,19H,12-13,15H2,1-2H3,(H,25,30). The van der Waals surface area contributed by atoms with Gasteiger partial charge in [-0.15, -0.1) is 0 Å². The highest BCUT2D eigenvalue weighted by molar-refractivity contribution is 5.97. The number of carbonyl (C=O) groups is 2. The molecule has 0 saturated heterocycles. The van der Waals surface area contributed by atoms with E-state index in [2.05, 4.69) is 15.6 Å². The van der Waals surface area contributed by atoms with Gasteiger partial charge in [0.25, 0.3) is 11.8 Å². The average molecular weight is 431 g/mol. The van der Waals surface area contributed by atoms with Crippen LogP contribution in [0.25, 0.3) is 11.0 Å². The summed E-state index contributed by atoms with van der Waals surface area (Å²) in [5, 5.41) is 10.6. The van der Waals surface area contributed by atoms with Gasteiger partial charge in [-0.25, -0.2) is 4.63 Å². The Hall–Kier alpha value is -3.94. The lowest BCUT2D eigenvalue weighted by molar-refractivity contribution is 0.0723. The first-order valence-electron chi connectivity index (χ1n) is 10.5. The van der Waals surface area contributed by atoms with Crippen molar-refractivity contribution in [1.29, 1.82) is 0 Å². The van der Waals surface area contributed by atoms with E-state index in [-0.39, 0.29) is 17.9 Å². The summed E-state index contributed by atoms with van der Waals surface area (Å²) in [5.41, 5.74) is 3.39. The zero-order valence-electron chi connectivity index (χ0n) is 18.1. The third kappa shape index (κ3) is 4.69. The molecule has 8 heteroatoms. The van der Waals surface area contributed by atoms with E-state index < -0.39 is 0 Å². The van der Waals surface area contributed by atoms with Crippen LogP contribution in [0.15, 0.2) is 71.5 Å². The van der Waals surface area contributed by atoms with Crippen molar-refractivity contribution in [2.24, 2.45) is 7.05 Å². The normalized spacial score (nSPS) is 11.9. The van der Waals surface area contributed by atoms with Gasteiger partial charge in [-0.05, 0) is 59.1 Å². The molecule has 0 aliphatic rings. The van der Waals surface area contributed by atoms with Gasteiger partial charge >= 0.3 is 0 Å². The maximum absolute atomic E-state index is 13.2. The van der Waals surface area contributed by atoms with Crippen LogP contribution in [0, 0.1) is 0 Å². The number of likely N-dealkylation sites (N-methyl/N-ethyl adjacent to an activating group) is 1. The minimum atomic E-state index is -0.131. The molecule has 32 heavy (non-hydrogen) atoms. The first-order chi connectivity index (χ1) is 15.5. The molecule has 8 nitrogen and oxygen atoms in total. The quantitative estimate of drug-likeness (QED) is 0.463. The molecule has 0 saturated carbocycles. The van der Waals surface area contributed by atoms with Gasteiger partial charge in [-0.2, -0.15) is 0 Å². The minimum absolute atomic E-state index is 0.107. The van der Waals surface area contributed by atoms with E-state index in [0.717, 1.165) is 5.56 Å². The Morgan fingerprint density at radius 3 is 2.59 bits per heavy atom. The summed E-state index contributed by atoms with van der Waals surface area (Å²) in [4.78, 5) is 27.4. The number of nitrogens with zero attached hydrogens (tertiary/aromatic N) is 4. The minimum Gasteiger partial charge on any atom is -0.351 e. The van der Waals surface area contributed by atoms with E-state index in [0.29, 0.717) is 41.7 Å². The number of amides is 2. The number of carbonyl (C=O) groups excluding carboxylic acids is 2. The molecule has 0 aliphatic carbocycles. The topological polar surface area (TPSA) is 93.3 Å². The number of hydrogen-bond donors (Lipinski definition) is 1. The van der Waals surface area contributed by atoms with Crippen LogP contribution < -0.4 is 5.32 Å². The van der Waals surface area contributed by atoms with Crippen molar-refractivity contribution < 1.29 is 14.2 Å². The number of fused-ring (bicyclic) bond motifs is 1. The lowest BCUT2D eigenvalue weighted by atomic mass is 10.0. The second kappa shape index (κ2) is 9.47. The lowest BCUT2D eigenvalue weighted by Gasteiger charge is -2.29. The van der Waals surface area contributed by atoms with Gasteiger partial charge in [-0.3, -0.25) is 9.59 Å². The van der Waals surface area contributed by atoms with Gasteiger partial charge in [-0.1, -0.05) is 30.3 Å². The molecule has 2 aromatic carbocycles. The molecule has 0 bridgehead atoms. The second-order valence-corrected chi connectivity index (χ2v) is 7.78. The molecule has 2 amide bonds. The van der Waals surface area contributed by atoms with Gasteiger partial charge in [0.15, 0.2) is 0 Å². The van der Waals surface area contributed by atoms with Crippen molar-refractivity contribution >= 4 is 22.8 Å². The molecule has 2 aromatic heterocycles. The van der Waals surface area contributed by atoms with Gasteiger partial charge in [0.1, 0.15) is 16.7 Å². The summed E-state index contributed by atoms with van der Waals surface area (Å²) in [5.74, 6) is -0.251. The average Bonchev–Trinajstić information content (AvgIpc) is 3.46. The summed E-state index contributed by atoms with van der Waals surface area (Å²) < 4.78 is 6.51. The highest BCUT2D eigenvalue weighted by Crippen LogP contribution is 2.17. The van der Waals surface area contributed by atoms with Crippen molar-refractivity contribution in [2.45, 2.75) is 18.9 Å². The Kier molecular flexibility index (Phi) is 6.30. The molecular formula is C24H25N5O3. The number of benzene rings is 2. The zero-order valence-corrected chi connectivity index (χ0v) is 18.1. The molecule has 2 heterocycles. The zero-order chi connectivity index (χ0) is 22.5. The number of aromatic nitrogens is 3. The van der Waals surface area contributed by atoms with Crippen LogP contribution in [0.5, 0.6) is 0 Å². The van der Waals surface area contributed by atoms with E-state index >= 15 is 0 Å². The van der Waals surface area contributed by atoms with Gasteiger partial charge in [0.2, 0.25) is 0 Å². The van der Waals surface area contributed by atoms with Crippen molar-refractivity contribution in [1.82, 2.24) is 25.1 Å². The Balaban J connectivity index is 1.48. The van der Waals surface area contributed by atoms with Crippen LogP contribution in [0.2, 0.25) is 0 Å². The predicted molar refractivity (Wildman–Crippen MR) is 120 cm³/mol. The molecule has 0 spiro atoms. The van der Waals surface area contributed by atoms with Crippen molar-refractivity contribution in [3.63, 3.8) is 0 Å². The second-order valence-electron chi connectivity index (χ2n) is 7.78. The molecule has 4 aromatic rings. The fraction of sp³-hybridized carbons (Fsp3) is 0.250. The maximum atomic E-state index is 13.2. The molecule has 0 radical (unpaired) electrons. The molecule has 1 N–H and O–H groups in total. The third-order valence-corrected chi connectivity index (χ3v) is 5.62. The summed E-state index contributed by atoms with van der Waals surface area (Å²) in [7, 11) is 3.63. The molecule has 164 valence electrons. The van der Waals surface area contributed by atoms with Gasteiger partial charge in [0.05, 0.1) is 0 Å². The van der Waals surface area contributed by atoms with Crippen LogP contribution in [-0.2, 0) is 13.5 Å². The van der Waals surface area contributed by atoms with E-state index in [9.17, 15) is 9.59 Å². The van der Waals surface area contributed by atoms with Crippen LogP contribution in [0.3, 0.4) is 0 Å². The smallest absolute Gasteiger partial charge is 0.267 e. The Bertz CT molecular complexity index is 1210. The van der Waals surface area contributed by atoms with Crippen LogP contribution in [-0.4, -0.2) is 51.2 Å². The monoisotopic (exact) mass is 431 g/mol. The van der Waals surface area contributed by atoms with Crippen molar-refractivity contribution in [2.75, 3.05) is 13.6 Å². The highest BCUT2D eigenvalue weighted by atomic mass is 16.6. The van der Waals surface area contributed by atoms with Crippen molar-refractivity contribution in [3.05, 3.63) is 83.7 Å². The molecule has 1 unspecified atom stereocenters. The fourth-order valence-corrected chi connectivity index (χ4v) is 3.74. The maximum Gasteiger partial charge on any atom is 0.267 e. The Morgan fingerprint density at radius 1 is 1.06 bits per heavy atom. The van der Waals surface area contributed by atoms with Crippen LogP contribution >= 0.6 is 0 Å². The fourth-order valence-electron chi connectivity index (χ4n) is 3.74. The summed E-state index contributed by atoms with van der Waals surface area (Å²) in [6.45, 7) is 0.450. The van der Waals surface area contributed by atoms with E-state index in [4.69, 9.17) is 4.63 Å². The largest absolute Gasteiger partial charge is 0.351 e. The van der Waals surface area contributed by atoms with Crippen LogP contribution in [0.1, 0.15) is 32.8 Å². The molecular weight excluding hydrogens is 406 g/mol. The first-order valence-corrected chi connectivity index (χ1v) is 10.5. The highest BCUT2D eigenvalue weighted by Gasteiger charge is 2.22. The Morgan fingerprint density at radius 2 is 1.84 bits per heavy atom. The summed E-state index contributed by atoms with van der Waals surface area (Å²) in [6, 6.07) is 18.7. The van der Waals surface area contributed by atoms with E-state index in [1.807, 2.05) is 49.6 Å². The lowest BCUT2D eigenvalue weighted by Crippen LogP contribution is -2.41. The molecule has 4 rings (SSSR count). The van der Waals surface area contributed by atoms with Crippen molar-refractivity contribution in [3.8, 4) is 0 Å². The first kappa shape index (κ1) is 21.3. The molecule has 0 fully saturated rings. The van der Waals surface area contributed by atoms with Gasteiger partial charge in [0, 0.05) is 38.4 Å². The SMILES string of the molecule is CN(C(=O)c1ccc2nonc2c1)C(CCNC(=O)c1cccn1C)Cc1ccccc1. The number of nitrogens with one attached hydrogen (secondary N) is 1. The van der Waals surface area contributed by atoms with Gasteiger partial charge < -0.3 is 14.8 Å². The predicted octanol–water partition coefficient (Wildman–Crippen LogP) is 3.06. The van der Waals surface area contributed by atoms with E-state index in [1.54, 1.807) is 40.8 Å². The third-order valence-electron chi connectivity index (χ3n) is 5.62. The molecule has 1 atom stereocenters. The van der Waals surface area contributed by atoms with E-state index in [1.165, 1.54) is 0 Å².